The van der Waals surface area contributed by atoms with E-state index in [9.17, 15) is 26.7 Å². The van der Waals surface area contributed by atoms with Gasteiger partial charge in [-0.3, -0.25) is 13.7 Å². The number of carbonyl (C=O) groups excluding carboxylic acids is 1. The molecule has 132 valence electrons. The van der Waals surface area contributed by atoms with Crippen LogP contribution in [0.2, 0.25) is 5.02 Å². The first-order chi connectivity index (χ1) is 11.2. The summed E-state index contributed by atoms with van der Waals surface area (Å²) >= 11 is 3.03. The monoisotopic (exact) mass is 382 g/mol. The molecule has 2 fully saturated rings. The predicted octanol–water partition coefficient (Wildman–Crippen LogP) is 2.67. The molecule has 24 heavy (non-hydrogen) atoms. The summed E-state index contributed by atoms with van der Waals surface area (Å²) in [6, 6.07) is 1.82. The van der Waals surface area contributed by atoms with Gasteiger partial charge in [0, 0.05) is 29.2 Å². The zero-order valence-corrected chi connectivity index (χ0v) is 13.6. The number of amides is 1. The molecule has 1 aromatic rings. The number of benzene rings is 1. The van der Waals surface area contributed by atoms with Gasteiger partial charge in [0.15, 0.2) is 0 Å². The second-order valence-corrected chi connectivity index (χ2v) is 7.05. The highest BCUT2D eigenvalue weighted by atomic mass is 35.5. The topological polar surface area (TPSA) is 78.5 Å². The van der Waals surface area contributed by atoms with Crippen molar-refractivity contribution in [2.45, 2.75) is 18.8 Å². The van der Waals surface area contributed by atoms with E-state index in [1.165, 1.54) is 4.72 Å². The molecular formula is C14H12ClF3NO4S-. The molecule has 0 bridgehead atoms. The van der Waals surface area contributed by atoms with Crippen LogP contribution in [0.5, 0.6) is 5.75 Å². The highest BCUT2D eigenvalue weighted by Crippen LogP contribution is 2.65. The van der Waals surface area contributed by atoms with E-state index in [-0.39, 0.29) is 23.3 Å². The number of rotatable bonds is 5. The highest BCUT2D eigenvalue weighted by Gasteiger charge is 2.71. The summed E-state index contributed by atoms with van der Waals surface area (Å²) in [5.74, 6) is -5.97. The normalized spacial score (nSPS) is 28.1. The predicted molar refractivity (Wildman–Crippen MR) is 77.9 cm³/mol. The maximum atomic E-state index is 13.9. The van der Waals surface area contributed by atoms with Crippen LogP contribution in [-0.4, -0.2) is 27.2 Å². The van der Waals surface area contributed by atoms with E-state index in [1.807, 2.05) is 0 Å². The summed E-state index contributed by atoms with van der Waals surface area (Å²) in [7, 11) is 0. The Balaban J connectivity index is 1.62. The van der Waals surface area contributed by atoms with Gasteiger partial charge in [0.25, 0.3) is 11.8 Å². The summed E-state index contributed by atoms with van der Waals surface area (Å²) in [5, 5.41) is -0.0771. The zero-order valence-electron chi connectivity index (χ0n) is 12.1. The minimum Gasteiger partial charge on any atom is -0.755 e. The van der Waals surface area contributed by atoms with Gasteiger partial charge in [-0.05, 0) is 24.8 Å². The highest BCUT2D eigenvalue weighted by molar-refractivity contribution is 7.77. The maximum Gasteiger partial charge on any atom is 0.265 e. The first-order valence-corrected chi connectivity index (χ1v) is 8.55. The zero-order chi connectivity index (χ0) is 17.6. The lowest BCUT2D eigenvalue weighted by atomic mass is 10.0. The molecule has 0 aromatic heterocycles. The van der Waals surface area contributed by atoms with Crippen molar-refractivity contribution in [3.63, 3.8) is 0 Å². The second-order valence-electron chi connectivity index (χ2n) is 5.96. The average molecular weight is 383 g/mol. The maximum absolute atomic E-state index is 13.9. The number of hydrogen-bond donors (Lipinski definition) is 1. The molecule has 0 spiro atoms. The van der Waals surface area contributed by atoms with Crippen LogP contribution < -0.4 is 9.46 Å². The first-order valence-electron chi connectivity index (χ1n) is 7.10. The second kappa shape index (κ2) is 6.20. The molecular weight excluding hydrogens is 371 g/mol. The molecule has 10 heteroatoms. The van der Waals surface area contributed by atoms with Gasteiger partial charge in [0.05, 0.1) is 17.2 Å². The quantitative estimate of drug-likeness (QED) is 0.794. The number of ether oxygens (including phenoxy) is 1. The molecule has 0 saturated heterocycles. The van der Waals surface area contributed by atoms with Gasteiger partial charge in [0.1, 0.15) is 11.6 Å². The van der Waals surface area contributed by atoms with E-state index in [0.717, 1.165) is 12.1 Å². The van der Waals surface area contributed by atoms with Crippen molar-refractivity contribution in [2.75, 3.05) is 6.61 Å². The van der Waals surface area contributed by atoms with E-state index in [0.29, 0.717) is 12.8 Å². The van der Waals surface area contributed by atoms with Crippen LogP contribution in [0.15, 0.2) is 12.1 Å². The Hall–Kier alpha value is -1.32. The number of alkyl halides is 2. The van der Waals surface area contributed by atoms with Gasteiger partial charge in [0.2, 0.25) is 0 Å². The molecule has 5 nitrogen and oxygen atoms in total. The molecule has 4 atom stereocenters. The van der Waals surface area contributed by atoms with Crippen LogP contribution in [0.25, 0.3) is 0 Å². The number of carbonyl (C=O) groups is 1. The average Bonchev–Trinajstić information content (AvgIpc) is 2.86. The van der Waals surface area contributed by atoms with Crippen molar-refractivity contribution in [3.8, 4) is 5.75 Å². The number of nitrogens with one attached hydrogen (secondary N) is 1. The molecule has 0 heterocycles. The van der Waals surface area contributed by atoms with Gasteiger partial charge < -0.3 is 9.29 Å². The molecule has 3 rings (SSSR count). The fourth-order valence-electron chi connectivity index (χ4n) is 3.21. The third-order valence-corrected chi connectivity index (χ3v) is 5.10. The first kappa shape index (κ1) is 17.5. The van der Waals surface area contributed by atoms with Crippen LogP contribution in [0, 0.1) is 23.6 Å². The smallest absolute Gasteiger partial charge is 0.265 e. The SMILES string of the molecule is O=C(NS(=O)[O-])c1cc(Cl)c(OCC2C[C@@H]3[C@H](C2)C3(F)F)cc1F. The Kier molecular flexibility index (Phi) is 4.52. The third kappa shape index (κ3) is 3.25. The lowest BCUT2D eigenvalue weighted by molar-refractivity contribution is 0.0580. The van der Waals surface area contributed by atoms with E-state index < -0.39 is 46.3 Å². The van der Waals surface area contributed by atoms with Crippen LogP contribution >= 0.6 is 11.6 Å². The van der Waals surface area contributed by atoms with Crippen LogP contribution in [0.1, 0.15) is 23.2 Å². The van der Waals surface area contributed by atoms with Gasteiger partial charge >= 0.3 is 0 Å². The van der Waals surface area contributed by atoms with Crippen molar-refractivity contribution < 1.29 is 31.5 Å². The van der Waals surface area contributed by atoms with Crippen molar-refractivity contribution >= 4 is 28.8 Å². The minimum atomic E-state index is -2.88. The molecule has 1 N–H and O–H groups in total. The number of halogens is 4. The summed E-state index contributed by atoms with van der Waals surface area (Å²) in [6.07, 6.45) is 0.709. The summed E-state index contributed by atoms with van der Waals surface area (Å²) < 4.78 is 67.8. The van der Waals surface area contributed by atoms with Crippen LogP contribution in [0.3, 0.4) is 0 Å². The molecule has 0 radical (unpaired) electrons. The van der Waals surface area contributed by atoms with Gasteiger partial charge in [-0.15, -0.1) is 0 Å². The largest absolute Gasteiger partial charge is 0.755 e. The van der Waals surface area contributed by atoms with E-state index in [2.05, 4.69) is 0 Å². The Morgan fingerprint density at radius 3 is 2.62 bits per heavy atom. The molecule has 2 unspecified atom stereocenters. The Bertz CT molecular complexity index is 704. The Morgan fingerprint density at radius 1 is 1.42 bits per heavy atom. The molecule has 2 aliphatic rings. The van der Waals surface area contributed by atoms with E-state index in [4.69, 9.17) is 16.3 Å². The molecule has 0 aliphatic heterocycles. The molecule has 1 aromatic carbocycles. The summed E-state index contributed by atoms with van der Waals surface area (Å²) in [4.78, 5) is 11.5. The minimum absolute atomic E-state index is 0.0266. The van der Waals surface area contributed by atoms with Gasteiger partial charge in [-0.1, -0.05) is 11.6 Å². The van der Waals surface area contributed by atoms with Gasteiger partial charge in [-0.25, -0.2) is 13.2 Å². The standard InChI is InChI=1S/C14H13ClF3NO4S/c15-10-3-7(13(20)19-24(21)22)11(16)4-12(10)23-5-6-1-8-9(2-6)14(8,17)18/h3-4,6,8-9H,1-2,5H2,(H,19,20)(H,21,22)/p-1/t6?,8-,9+. The van der Waals surface area contributed by atoms with Crippen molar-refractivity contribution in [3.05, 3.63) is 28.5 Å². The summed E-state index contributed by atoms with van der Waals surface area (Å²) in [5.41, 5.74) is -0.543. The van der Waals surface area contributed by atoms with Crippen molar-refractivity contribution in [1.82, 2.24) is 4.72 Å². The third-order valence-electron chi connectivity index (χ3n) is 4.46. The van der Waals surface area contributed by atoms with Crippen molar-refractivity contribution in [1.29, 1.82) is 0 Å². The van der Waals surface area contributed by atoms with E-state index >= 15 is 0 Å². The molecule has 1 amide bonds. The number of fused-ring (bicyclic) bond motifs is 1. The Morgan fingerprint density at radius 2 is 2.04 bits per heavy atom. The number of hydrogen-bond acceptors (Lipinski definition) is 4. The molecule has 2 aliphatic carbocycles. The fraction of sp³-hybridized carbons (Fsp3) is 0.500. The van der Waals surface area contributed by atoms with Crippen LogP contribution in [-0.2, 0) is 11.3 Å². The van der Waals surface area contributed by atoms with E-state index in [1.54, 1.807) is 0 Å². The van der Waals surface area contributed by atoms with Gasteiger partial charge in [-0.2, -0.15) is 0 Å². The van der Waals surface area contributed by atoms with Crippen LogP contribution in [0.4, 0.5) is 13.2 Å². The van der Waals surface area contributed by atoms with Crippen molar-refractivity contribution in [2.24, 2.45) is 17.8 Å². The Labute approximate surface area is 142 Å². The molecule has 2 saturated carbocycles. The lowest BCUT2D eigenvalue weighted by Gasteiger charge is -2.16. The fourth-order valence-corrected chi connectivity index (χ4v) is 3.68. The lowest BCUT2D eigenvalue weighted by Crippen LogP contribution is -2.26. The summed E-state index contributed by atoms with van der Waals surface area (Å²) in [6.45, 7) is 0.123.